The number of nitrogens with zero attached hydrogens (tertiary/aromatic N) is 3. The minimum absolute atomic E-state index is 0.0493. The third-order valence-electron chi connectivity index (χ3n) is 8.35. The molecule has 3 fully saturated rings. The number of aromatic nitrogens is 4. The third kappa shape index (κ3) is 8.28. The van der Waals surface area contributed by atoms with Gasteiger partial charge < -0.3 is 30.7 Å². The van der Waals surface area contributed by atoms with Crippen molar-refractivity contribution in [3.63, 3.8) is 0 Å². The van der Waals surface area contributed by atoms with Gasteiger partial charge in [0.15, 0.2) is 5.82 Å². The zero-order valence-corrected chi connectivity index (χ0v) is 23.1. The van der Waals surface area contributed by atoms with Crippen molar-refractivity contribution in [1.82, 2.24) is 30.8 Å². The standard InChI is InChI=1S/C28H44N8O3/c1-38-16-17-39-23-12-10-22(11-13-23)32-28(37)31-21-8-6-20(7-9-21)30-27-29-15-14-25(34-27)33-26-18-24(35-36-26)19-4-2-3-5-19/h14-15,18-23H,2-13,16-17H2,1H3,(H2,31,32,37)(H3,29,30,33,34,35,36). The largest absolute Gasteiger partial charge is 0.382 e. The Bertz CT molecular complexity index is 1030. The molecule has 11 heteroatoms. The van der Waals surface area contributed by atoms with Crippen LogP contribution in [0.5, 0.6) is 0 Å². The minimum Gasteiger partial charge on any atom is -0.382 e. The molecular weight excluding hydrogens is 496 g/mol. The van der Waals surface area contributed by atoms with Gasteiger partial charge in [-0.2, -0.15) is 10.1 Å². The molecule has 0 aliphatic heterocycles. The number of carbonyl (C=O) groups excluding carboxylic acids is 1. The summed E-state index contributed by atoms with van der Waals surface area (Å²) in [6.07, 6.45) is 14.8. The molecule has 3 aliphatic carbocycles. The van der Waals surface area contributed by atoms with Crippen LogP contribution in [0.3, 0.4) is 0 Å². The van der Waals surface area contributed by atoms with E-state index in [1.165, 1.54) is 31.4 Å². The normalized spacial score (nSPS) is 25.8. The van der Waals surface area contributed by atoms with Crippen LogP contribution in [0.25, 0.3) is 0 Å². The predicted molar refractivity (Wildman–Crippen MR) is 150 cm³/mol. The molecule has 3 saturated carbocycles. The van der Waals surface area contributed by atoms with Crippen LogP contribution < -0.4 is 21.3 Å². The Hall–Kier alpha value is -2.92. The maximum absolute atomic E-state index is 12.6. The molecule has 5 rings (SSSR count). The molecule has 0 bridgehead atoms. The van der Waals surface area contributed by atoms with Gasteiger partial charge in [-0.25, -0.2) is 9.78 Å². The maximum Gasteiger partial charge on any atom is 0.315 e. The molecule has 0 atom stereocenters. The zero-order chi connectivity index (χ0) is 26.9. The number of rotatable bonds is 11. The quantitative estimate of drug-likeness (QED) is 0.261. The topological polar surface area (TPSA) is 138 Å². The summed E-state index contributed by atoms with van der Waals surface area (Å²) in [4.78, 5) is 21.6. The zero-order valence-electron chi connectivity index (χ0n) is 23.1. The fraction of sp³-hybridized carbons (Fsp3) is 0.714. The number of aromatic amines is 1. The van der Waals surface area contributed by atoms with Crippen molar-refractivity contribution in [1.29, 1.82) is 0 Å². The van der Waals surface area contributed by atoms with Crippen molar-refractivity contribution in [3.05, 3.63) is 24.0 Å². The number of hydrogen-bond acceptors (Lipinski definition) is 8. The summed E-state index contributed by atoms with van der Waals surface area (Å²) in [5.74, 6) is 2.72. The molecule has 39 heavy (non-hydrogen) atoms. The second-order valence-electron chi connectivity index (χ2n) is 11.2. The van der Waals surface area contributed by atoms with E-state index in [0.29, 0.717) is 25.1 Å². The molecule has 2 amide bonds. The van der Waals surface area contributed by atoms with E-state index in [4.69, 9.17) is 9.47 Å². The van der Waals surface area contributed by atoms with Gasteiger partial charge in [-0.05, 0) is 70.3 Å². The van der Waals surface area contributed by atoms with Gasteiger partial charge in [-0.1, -0.05) is 12.8 Å². The highest BCUT2D eigenvalue weighted by Crippen LogP contribution is 2.34. The summed E-state index contributed by atoms with van der Waals surface area (Å²) in [6, 6.07) is 4.61. The summed E-state index contributed by atoms with van der Waals surface area (Å²) in [5.41, 5.74) is 1.21. The van der Waals surface area contributed by atoms with E-state index in [-0.39, 0.29) is 30.3 Å². The summed E-state index contributed by atoms with van der Waals surface area (Å²) < 4.78 is 10.9. The summed E-state index contributed by atoms with van der Waals surface area (Å²) in [6.45, 7) is 1.26. The number of methoxy groups -OCH3 is 1. The summed E-state index contributed by atoms with van der Waals surface area (Å²) in [5, 5.41) is 20.7. The molecule has 0 aromatic carbocycles. The van der Waals surface area contributed by atoms with E-state index >= 15 is 0 Å². The van der Waals surface area contributed by atoms with Crippen LogP contribution in [0.2, 0.25) is 0 Å². The van der Waals surface area contributed by atoms with E-state index in [0.717, 1.165) is 63.0 Å². The number of carbonyl (C=O) groups is 1. The second-order valence-corrected chi connectivity index (χ2v) is 11.2. The van der Waals surface area contributed by atoms with Crippen LogP contribution in [-0.2, 0) is 9.47 Å². The lowest BCUT2D eigenvalue weighted by molar-refractivity contribution is -0.00370. The molecule has 2 aromatic rings. The number of amides is 2. The minimum atomic E-state index is -0.0493. The summed E-state index contributed by atoms with van der Waals surface area (Å²) >= 11 is 0. The van der Waals surface area contributed by atoms with Gasteiger partial charge in [-0.3, -0.25) is 5.10 Å². The fourth-order valence-electron chi connectivity index (χ4n) is 6.12. The Morgan fingerprint density at radius 1 is 0.923 bits per heavy atom. The van der Waals surface area contributed by atoms with Gasteiger partial charge in [0.25, 0.3) is 0 Å². The van der Waals surface area contributed by atoms with Crippen molar-refractivity contribution >= 4 is 23.6 Å². The molecule has 3 aliphatic rings. The van der Waals surface area contributed by atoms with Crippen molar-refractivity contribution in [2.24, 2.45) is 0 Å². The van der Waals surface area contributed by atoms with Crippen molar-refractivity contribution in [3.8, 4) is 0 Å². The Morgan fingerprint density at radius 3 is 2.33 bits per heavy atom. The van der Waals surface area contributed by atoms with Crippen LogP contribution in [0.1, 0.15) is 88.7 Å². The van der Waals surface area contributed by atoms with Crippen LogP contribution in [0, 0.1) is 0 Å². The van der Waals surface area contributed by atoms with Gasteiger partial charge in [0.1, 0.15) is 5.82 Å². The van der Waals surface area contributed by atoms with Crippen molar-refractivity contribution < 1.29 is 14.3 Å². The number of hydrogen-bond donors (Lipinski definition) is 5. The van der Waals surface area contributed by atoms with Crippen molar-refractivity contribution in [2.75, 3.05) is 31.0 Å². The lowest BCUT2D eigenvalue weighted by Gasteiger charge is -2.32. The fourth-order valence-corrected chi connectivity index (χ4v) is 6.12. The molecule has 2 heterocycles. The Morgan fingerprint density at radius 2 is 1.62 bits per heavy atom. The average molecular weight is 541 g/mol. The smallest absolute Gasteiger partial charge is 0.315 e. The lowest BCUT2D eigenvalue weighted by atomic mass is 9.91. The van der Waals surface area contributed by atoms with Crippen LogP contribution >= 0.6 is 0 Å². The van der Waals surface area contributed by atoms with Gasteiger partial charge in [0.2, 0.25) is 5.95 Å². The van der Waals surface area contributed by atoms with Gasteiger partial charge in [0.05, 0.1) is 19.3 Å². The average Bonchev–Trinajstić information content (AvgIpc) is 3.64. The SMILES string of the molecule is COCCOC1CCC(NC(=O)NC2CCC(Nc3nccc(Nc4cc(C5CCCC5)[nH]n4)n3)CC2)CC1. The summed E-state index contributed by atoms with van der Waals surface area (Å²) in [7, 11) is 1.69. The maximum atomic E-state index is 12.6. The van der Waals surface area contributed by atoms with Crippen LogP contribution in [0.15, 0.2) is 18.3 Å². The van der Waals surface area contributed by atoms with Crippen molar-refractivity contribution in [2.45, 2.75) is 107 Å². The van der Waals surface area contributed by atoms with E-state index in [9.17, 15) is 4.79 Å². The first-order chi connectivity index (χ1) is 19.1. The molecule has 0 spiro atoms. The number of urea groups is 1. The van der Waals surface area contributed by atoms with Gasteiger partial charge >= 0.3 is 6.03 Å². The number of ether oxygens (including phenoxy) is 2. The Balaban J connectivity index is 0.999. The number of nitrogens with one attached hydrogen (secondary N) is 5. The molecule has 2 aromatic heterocycles. The molecule has 0 saturated heterocycles. The van der Waals surface area contributed by atoms with E-state index in [1.54, 1.807) is 13.3 Å². The first-order valence-corrected chi connectivity index (χ1v) is 14.7. The molecule has 0 radical (unpaired) electrons. The molecular formula is C28H44N8O3. The molecule has 0 unspecified atom stereocenters. The monoisotopic (exact) mass is 540 g/mol. The highest BCUT2D eigenvalue weighted by molar-refractivity contribution is 5.74. The number of anilines is 3. The molecule has 5 N–H and O–H groups in total. The van der Waals surface area contributed by atoms with Gasteiger partial charge in [0, 0.05) is 49.1 Å². The Kier molecular flexibility index (Phi) is 9.87. The lowest BCUT2D eigenvalue weighted by Crippen LogP contribution is -2.49. The Labute approximate surface area is 231 Å². The molecule has 11 nitrogen and oxygen atoms in total. The first kappa shape index (κ1) is 27.6. The first-order valence-electron chi connectivity index (χ1n) is 14.7. The number of H-pyrrole nitrogens is 1. The predicted octanol–water partition coefficient (Wildman–Crippen LogP) is 4.60. The van der Waals surface area contributed by atoms with Gasteiger partial charge in [-0.15, -0.1) is 0 Å². The van der Waals surface area contributed by atoms with E-state index in [1.807, 2.05) is 6.07 Å². The van der Waals surface area contributed by atoms with Crippen LogP contribution in [-0.4, -0.2) is 70.7 Å². The third-order valence-corrected chi connectivity index (χ3v) is 8.35. The van der Waals surface area contributed by atoms with E-state index in [2.05, 4.69) is 47.5 Å². The molecule has 214 valence electrons. The van der Waals surface area contributed by atoms with Crippen LogP contribution in [0.4, 0.5) is 22.4 Å². The highest BCUT2D eigenvalue weighted by atomic mass is 16.5. The second kappa shape index (κ2) is 13.9. The van der Waals surface area contributed by atoms with E-state index < -0.39 is 0 Å². The highest BCUT2D eigenvalue weighted by Gasteiger charge is 2.26.